The number of carbonyl (C=O) groups excluding carboxylic acids is 1. The molecule has 0 spiro atoms. The Bertz CT molecular complexity index is 631. The lowest BCUT2D eigenvalue weighted by Crippen LogP contribution is -2.58. The van der Waals surface area contributed by atoms with Gasteiger partial charge in [0, 0.05) is 5.41 Å². The number of ketones is 1. The molecule has 4 aliphatic carbocycles. The van der Waals surface area contributed by atoms with Gasteiger partial charge in [-0.3, -0.25) is 4.79 Å². The van der Waals surface area contributed by atoms with Crippen LogP contribution < -0.4 is 0 Å². The number of hydrogen-bond donors (Lipinski definition) is 2. The maximum atomic E-state index is 12.4. The number of fused-ring (bicyclic) bond motifs is 5. The molecule has 8 atom stereocenters. The first-order valence-electron chi connectivity index (χ1n) is 9.89. The van der Waals surface area contributed by atoms with Gasteiger partial charge in [-0.1, -0.05) is 41.4 Å². The normalized spacial score (nSPS) is 55.0. The molecule has 0 bridgehead atoms. The first-order chi connectivity index (χ1) is 11.6. The fraction of sp³-hybridized carbons (Fsp3) is 0.857. The van der Waals surface area contributed by atoms with Crippen molar-refractivity contribution in [1.29, 1.82) is 0 Å². The van der Waals surface area contributed by atoms with Crippen LogP contribution in [0.1, 0.15) is 65.7 Å². The third-order valence-corrected chi connectivity index (χ3v) is 9.83. The highest BCUT2D eigenvalue weighted by molar-refractivity contribution is 9.09. The summed E-state index contributed by atoms with van der Waals surface area (Å²) in [6.45, 7) is 6.11. The summed E-state index contributed by atoms with van der Waals surface area (Å²) in [5.41, 5.74) is 0.0917. The Balaban J connectivity index is 1.72. The minimum absolute atomic E-state index is 0.0862. The molecule has 0 aliphatic heterocycles. The Morgan fingerprint density at radius 2 is 1.96 bits per heavy atom. The summed E-state index contributed by atoms with van der Waals surface area (Å²) < 4.78 is 0. The van der Waals surface area contributed by atoms with Gasteiger partial charge < -0.3 is 10.2 Å². The van der Waals surface area contributed by atoms with Crippen LogP contribution in [0.2, 0.25) is 0 Å². The van der Waals surface area contributed by atoms with Crippen LogP contribution in [-0.2, 0) is 4.79 Å². The Hall–Kier alpha value is -0.190. The maximum Gasteiger partial charge on any atom is 0.163 e. The molecule has 2 N–H and O–H groups in total. The number of alkyl halides is 1. The highest BCUT2D eigenvalue weighted by Gasteiger charge is 2.68. The summed E-state index contributed by atoms with van der Waals surface area (Å²) in [5, 5.41) is 21.5. The van der Waals surface area contributed by atoms with E-state index in [9.17, 15) is 15.0 Å². The summed E-state index contributed by atoms with van der Waals surface area (Å²) in [6.07, 6.45) is 8.94. The number of aliphatic hydroxyl groups excluding tert-OH is 1. The maximum absolute atomic E-state index is 12.4. The van der Waals surface area contributed by atoms with Crippen molar-refractivity contribution in [2.75, 3.05) is 0 Å². The van der Waals surface area contributed by atoms with Gasteiger partial charge in [-0.25, -0.2) is 0 Å². The molecule has 3 saturated carbocycles. The van der Waals surface area contributed by atoms with Crippen molar-refractivity contribution < 1.29 is 15.0 Å². The summed E-state index contributed by atoms with van der Waals surface area (Å²) in [7, 11) is 0. The summed E-state index contributed by atoms with van der Waals surface area (Å²) in [4.78, 5) is 12.3. The summed E-state index contributed by atoms with van der Waals surface area (Å²) in [6, 6.07) is 0. The van der Waals surface area contributed by atoms with Crippen molar-refractivity contribution in [2.24, 2.45) is 28.6 Å². The Kier molecular flexibility index (Phi) is 4.11. The highest BCUT2D eigenvalue weighted by Crippen LogP contribution is 2.68. The number of hydrogen-bond acceptors (Lipinski definition) is 3. The Labute approximate surface area is 159 Å². The van der Waals surface area contributed by atoms with Gasteiger partial charge in [-0.05, 0) is 75.0 Å². The summed E-state index contributed by atoms with van der Waals surface area (Å²) >= 11 is 3.67. The molecule has 4 aliphatic rings. The molecule has 2 unspecified atom stereocenters. The fourth-order valence-electron chi connectivity index (χ4n) is 7.24. The van der Waals surface area contributed by atoms with Crippen LogP contribution in [-0.4, -0.2) is 32.5 Å². The van der Waals surface area contributed by atoms with Gasteiger partial charge in [-0.15, -0.1) is 0 Å². The lowest BCUT2D eigenvalue weighted by atomic mass is 9.47. The van der Waals surface area contributed by atoms with E-state index in [2.05, 4.69) is 35.9 Å². The molecule has 140 valence electrons. The smallest absolute Gasteiger partial charge is 0.163 e. The zero-order valence-corrected chi connectivity index (χ0v) is 17.2. The molecular weight excluding hydrogens is 380 g/mol. The van der Waals surface area contributed by atoms with Gasteiger partial charge in [-0.2, -0.15) is 0 Å². The molecule has 0 heterocycles. The molecule has 3 nitrogen and oxygen atoms in total. The number of carbonyl (C=O) groups is 1. The quantitative estimate of drug-likeness (QED) is 0.507. The molecule has 0 aromatic heterocycles. The van der Waals surface area contributed by atoms with Gasteiger partial charge in [0.2, 0.25) is 0 Å². The average molecular weight is 411 g/mol. The van der Waals surface area contributed by atoms with E-state index in [-0.39, 0.29) is 27.5 Å². The van der Waals surface area contributed by atoms with E-state index in [1.807, 2.05) is 0 Å². The second-order valence-corrected chi connectivity index (χ2v) is 10.7. The first kappa shape index (κ1) is 18.2. The average Bonchev–Trinajstić information content (AvgIpc) is 2.77. The van der Waals surface area contributed by atoms with Crippen LogP contribution in [0.25, 0.3) is 0 Å². The molecule has 0 aromatic carbocycles. The van der Waals surface area contributed by atoms with Crippen molar-refractivity contribution >= 4 is 21.7 Å². The zero-order valence-electron chi connectivity index (χ0n) is 15.6. The number of aliphatic hydroxyl groups is 2. The van der Waals surface area contributed by atoms with Crippen LogP contribution in [0, 0.1) is 28.6 Å². The van der Waals surface area contributed by atoms with Crippen LogP contribution in [0.15, 0.2) is 11.6 Å². The lowest BCUT2D eigenvalue weighted by Gasteiger charge is -2.58. The van der Waals surface area contributed by atoms with Gasteiger partial charge >= 0.3 is 0 Å². The Morgan fingerprint density at radius 3 is 2.64 bits per heavy atom. The standard InChI is InChI=1S/C21H31BrO3/c1-12(23)21(25)18(22)11-17-15-5-4-13-10-14(24)6-8-19(13,2)16(15)7-9-20(17,21)3/h4,14-18,24-25H,5-11H2,1-3H3/t14?,15-,16+,17+,18?,19+,20+,21-/m1/s1. The second kappa shape index (κ2) is 5.65. The van der Waals surface area contributed by atoms with Crippen molar-refractivity contribution in [3.63, 3.8) is 0 Å². The zero-order chi connectivity index (χ0) is 18.2. The third-order valence-electron chi connectivity index (χ3n) is 8.79. The van der Waals surface area contributed by atoms with Gasteiger partial charge in [0.05, 0.1) is 10.9 Å². The molecule has 0 saturated heterocycles. The topological polar surface area (TPSA) is 57.5 Å². The molecule has 25 heavy (non-hydrogen) atoms. The van der Waals surface area contributed by atoms with Gasteiger partial charge in [0.1, 0.15) is 5.60 Å². The minimum Gasteiger partial charge on any atom is -0.393 e. The van der Waals surface area contributed by atoms with Crippen LogP contribution in [0.3, 0.4) is 0 Å². The minimum atomic E-state index is -1.24. The van der Waals surface area contributed by atoms with Crippen molar-refractivity contribution in [2.45, 2.75) is 82.2 Å². The van der Waals surface area contributed by atoms with E-state index in [1.165, 1.54) is 5.57 Å². The molecule has 0 radical (unpaired) electrons. The van der Waals surface area contributed by atoms with Crippen LogP contribution in [0.5, 0.6) is 0 Å². The second-order valence-electron chi connectivity index (χ2n) is 9.64. The predicted octanol–water partition coefficient (Wildman–Crippen LogP) is 4.00. The summed E-state index contributed by atoms with van der Waals surface area (Å²) in [5.74, 6) is 1.45. The molecule has 0 amide bonds. The predicted molar refractivity (Wildman–Crippen MR) is 101 cm³/mol. The third kappa shape index (κ3) is 2.20. The number of Topliss-reactive ketones (excluding diaryl/α,β-unsaturated/α-hetero) is 1. The monoisotopic (exact) mass is 410 g/mol. The van der Waals surface area contributed by atoms with E-state index in [1.54, 1.807) is 6.92 Å². The molecular formula is C21H31BrO3. The van der Waals surface area contributed by atoms with Gasteiger partial charge in [0.15, 0.2) is 5.78 Å². The lowest BCUT2D eigenvalue weighted by molar-refractivity contribution is -0.158. The number of halogens is 1. The van der Waals surface area contributed by atoms with Crippen LogP contribution in [0.4, 0.5) is 0 Å². The van der Waals surface area contributed by atoms with Crippen molar-refractivity contribution in [3.8, 4) is 0 Å². The number of rotatable bonds is 1. The van der Waals surface area contributed by atoms with Crippen molar-refractivity contribution in [1.82, 2.24) is 0 Å². The van der Waals surface area contributed by atoms with Gasteiger partial charge in [0.25, 0.3) is 0 Å². The number of allylic oxidation sites excluding steroid dienone is 1. The largest absolute Gasteiger partial charge is 0.393 e. The van der Waals surface area contributed by atoms with E-state index in [4.69, 9.17) is 0 Å². The molecule has 4 rings (SSSR count). The van der Waals surface area contributed by atoms with E-state index in [0.29, 0.717) is 17.8 Å². The first-order valence-corrected chi connectivity index (χ1v) is 10.8. The van der Waals surface area contributed by atoms with E-state index < -0.39 is 5.60 Å². The van der Waals surface area contributed by atoms with Crippen molar-refractivity contribution in [3.05, 3.63) is 11.6 Å². The van der Waals surface area contributed by atoms with Crippen LogP contribution >= 0.6 is 15.9 Å². The highest BCUT2D eigenvalue weighted by atomic mass is 79.9. The SMILES string of the molecule is CC(=O)[C@@]1(O)C(Br)C[C@H]2[C@@H]3CC=C4CC(O)CC[C@]4(C)[C@H]3CC[C@@]21C. The molecule has 0 aromatic rings. The van der Waals surface area contributed by atoms with E-state index in [0.717, 1.165) is 44.9 Å². The molecule has 4 heteroatoms. The Morgan fingerprint density at radius 1 is 1.24 bits per heavy atom. The van der Waals surface area contributed by atoms with E-state index >= 15 is 0 Å². The fourth-order valence-corrected chi connectivity index (χ4v) is 8.49. The molecule has 3 fully saturated rings.